The van der Waals surface area contributed by atoms with Gasteiger partial charge in [0.1, 0.15) is 10.4 Å². The van der Waals surface area contributed by atoms with Gasteiger partial charge in [-0.15, -0.1) is 0 Å². The number of hydrogen-bond acceptors (Lipinski definition) is 4. The van der Waals surface area contributed by atoms with Crippen LogP contribution in [0.3, 0.4) is 0 Å². The van der Waals surface area contributed by atoms with E-state index in [9.17, 15) is 8.42 Å². The SMILES string of the molecule is O=S(=O)(Oc1cccc2ccc(CBr)nc12)c1ccccc1. The normalized spacial score (nSPS) is 11.5. The van der Waals surface area contributed by atoms with Gasteiger partial charge in [0.2, 0.25) is 0 Å². The van der Waals surface area contributed by atoms with E-state index in [1.807, 2.05) is 18.2 Å². The van der Waals surface area contributed by atoms with Gasteiger partial charge in [-0.25, -0.2) is 4.98 Å². The minimum Gasteiger partial charge on any atom is -0.377 e. The molecular weight excluding hydrogens is 366 g/mol. The molecular formula is C16H12BrNO3S. The van der Waals surface area contributed by atoms with Crippen molar-refractivity contribution < 1.29 is 12.6 Å². The van der Waals surface area contributed by atoms with Crippen molar-refractivity contribution in [1.29, 1.82) is 0 Å². The molecule has 22 heavy (non-hydrogen) atoms. The van der Waals surface area contributed by atoms with Gasteiger partial charge in [-0.3, -0.25) is 0 Å². The number of benzene rings is 2. The maximum atomic E-state index is 12.3. The summed E-state index contributed by atoms with van der Waals surface area (Å²) in [7, 11) is -3.88. The summed E-state index contributed by atoms with van der Waals surface area (Å²) in [5, 5.41) is 1.41. The second kappa shape index (κ2) is 6.06. The van der Waals surface area contributed by atoms with Crippen molar-refractivity contribution in [2.75, 3.05) is 0 Å². The summed E-state index contributed by atoms with van der Waals surface area (Å²) in [4.78, 5) is 4.55. The molecule has 0 fully saturated rings. The summed E-state index contributed by atoms with van der Waals surface area (Å²) in [6.07, 6.45) is 0. The number of aromatic nitrogens is 1. The molecule has 0 saturated carbocycles. The van der Waals surface area contributed by atoms with Gasteiger partial charge in [-0.1, -0.05) is 52.3 Å². The van der Waals surface area contributed by atoms with Crippen molar-refractivity contribution in [2.24, 2.45) is 0 Å². The number of fused-ring (bicyclic) bond motifs is 1. The smallest absolute Gasteiger partial charge is 0.339 e. The molecule has 4 nitrogen and oxygen atoms in total. The number of nitrogens with zero attached hydrogens (tertiary/aromatic N) is 1. The fraction of sp³-hybridized carbons (Fsp3) is 0.0625. The first-order valence-electron chi connectivity index (χ1n) is 6.54. The molecule has 3 aromatic rings. The van der Waals surface area contributed by atoms with Crippen LogP contribution in [0.4, 0.5) is 0 Å². The lowest BCUT2D eigenvalue weighted by Crippen LogP contribution is -2.10. The van der Waals surface area contributed by atoms with E-state index in [1.165, 1.54) is 12.1 Å². The van der Waals surface area contributed by atoms with Crippen LogP contribution < -0.4 is 4.18 Å². The number of hydrogen-bond donors (Lipinski definition) is 0. The highest BCUT2D eigenvalue weighted by atomic mass is 79.9. The van der Waals surface area contributed by atoms with Gasteiger partial charge in [-0.2, -0.15) is 8.42 Å². The zero-order valence-electron chi connectivity index (χ0n) is 11.4. The molecule has 0 aliphatic rings. The van der Waals surface area contributed by atoms with Crippen LogP contribution in [0.5, 0.6) is 5.75 Å². The molecule has 1 heterocycles. The Morgan fingerprint density at radius 2 is 1.73 bits per heavy atom. The Balaban J connectivity index is 2.07. The highest BCUT2D eigenvalue weighted by Gasteiger charge is 2.18. The molecule has 0 aliphatic heterocycles. The summed E-state index contributed by atoms with van der Waals surface area (Å²) in [6, 6.07) is 17.0. The fourth-order valence-corrected chi connectivity index (χ4v) is 3.33. The van der Waals surface area contributed by atoms with Crippen molar-refractivity contribution in [3.8, 4) is 5.75 Å². The van der Waals surface area contributed by atoms with E-state index in [2.05, 4.69) is 20.9 Å². The molecule has 1 aromatic heterocycles. The molecule has 0 saturated heterocycles. The summed E-state index contributed by atoms with van der Waals surface area (Å²) in [6.45, 7) is 0. The third-order valence-corrected chi connectivity index (χ3v) is 4.93. The quantitative estimate of drug-likeness (QED) is 0.511. The Bertz CT molecular complexity index is 911. The van der Waals surface area contributed by atoms with Gasteiger partial charge < -0.3 is 4.18 Å². The van der Waals surface area contributed by atoms with E-state index in [0.29, 0.717) is 10.8 Å². The van der Waals surface area contributed by atoms with E-state index in [0.717, 1.165) is 11.1 Å². The second-order valence-corrected chi connectivity index (χ2v) is 6.72. The molecule has 0 radical (unpaired) electrons. The maximum Gasteiger partial charge on any atom is 0.339 e. The predicted molar refractivity (Wildman–Crippen MR) is 88.6 cm³/mol. The lowest BCUT2D eigenvalue weighted by Gasteiger charge is -2.09. The van der Waals surface area contributed by atoms with Gasteiger partial charge in [0.05, 0.1) is 5.69 Å². The first kappa shape index (κ1) is 15.0. The zero-order valence-corrected chi connectivity index (χ0v) is 13.8. The number of pyridine rings is 1. The lowest BCUT2D eigenvalue weighted by molar-refractivity contribution is 0.488. The fourth-order valence-electron chi connectivity index (χ4n) is 2.06. The van der Waals surface area contributed by atoms with Crippen LogP contribution in [0, 0.1) is 0 Å². The first-order chi connectivity index (χ1) is 10.6. The average molecular weight is 378 g/mol. The molecule has 112 valence electrons. The van der Waals surface area contributed by atoms with E-state index in [-0.39, 0.29) is 10.6 Å². The van der Waals surface area contributed by atoms with Crippen LogP contribution in [-0.4, -0.2) is 13.4 Å². The topological polar surface area (TPSA) is 56.3 Å². The molecule has 0 bridgehead atoms. The molecule has 0 unspecified atom stereocenters. The number of para-hydroxylation sites is 1. The lowest BCUT2D eigenvalue weighted by atomic mass is 10.2. The molecule has 2 aromatic carbocycles. The molecule has 6 heteroatoms. The molecule has 0 atom stereocenters. The van der Waals surface area contributed by atoms with Gasteiger partial charge in [-0.05, 0) is 24.3 Å². The summed E-state index contributed by atoms with van der Waals surface area (Å²) < 4.78 is 30.0. The van der Waals surface area contributed by atoms with Gasteiger partial charge >= 0.3 is 10.1 Å². The Morgan fingerprint density at radius 1 is 0.955 bits per heavy atom. The Labute approximate surface area is 137 Å². The summed E-state index contributed by atoms with van der Waals surface area (Å²) >= 11 is 3.34. The highest BCUT2D eigenvalue weighted by Crippen LogP contribution is 2.27. The van der Waals surface area contributed by atoms with E-state index >= 15 is 0 Å². The van der Waals surface area contributed by atoms with E-state index < -0.39 is 10.1 Å². The molecule has 0 N–H and O–H groups in total. The van der Waals surface area contributed by atoms with Crippen LogP contribution in [0.25, 0.3) is 10.9 Å². The molecule has 0 spiro atoms. The Kier molecular flexibility index (Phi) is 4.13. The second-order valence-electron chi connectivity index (χ2n) is 4.61. The highest BCUT2D eigenvalue weighted by molar-refractivity contribution is 9.08. The van der Waals surface area contributed by atoms with Crippen LogP contribution in [0.2, 0.25) is 0 Å². The Hall–Kier alpha value is -1.92. The molecule has 0 amide bonds. The molecule has 0 aliphatic carbocycles. The van der Waals surface area contributed by atoms with Crippen LogP contribution in [-0.2, 0) is 15.4 Å². The minimum atomic E-state index is -3.88. The van der Waals surface area contributed by atoms with Crippen LogP contribution in [0.15, 0.2) is 65.6 Å². The largest absolute Gasteiger partial charge is 0.377 e. The maximum absolute atomic E-state index is 12.3. The van der Waals surface area contributed by atoms with E-state index in [4.69, 9.17) is 4.18 Å². The van der Waals surface area contributed by atoms with Gasteiger partial charge in [0, 0.05) is 10.7 Å². The monoisotopic (exact) mass is 377 g/mol. The van der Waals surface area contributed by atoms with Gasteiger partial charge in [0.15, 0.2) is 5.75 Å². The van der Waals surface area contributed by atoms with Crippen LogP contribution in [0.1, 0.15) is 5.69 Å². The predicted octanol–water partition coefficient (Wildman–Crippen LogP) is 3.90. The number of halogens is 1. The minimum absolute atomic E-state index is 0.114. The Morgan fingerprint density at radius 3 is 2.45 bits per heavy atom. The average Bonchev–Trinajstić information content (AvgIpc) is 2.55. The summed E-state index contributed by atoms with van der Waals surface area (Å²) in [5.41, 5.74) is 1.33. The summed E-state index contributed by atoms with van der Waals surface area (Å²) in [5.74, 6) is 0.226. The van der Waals surface area contributed by atoms with Crippen molar-refractivity contribution in [1.82, 2.24) is 4.98 Å². The van der Waals surface area contributed by atoms with Crippen molar-refractivity contribution >= 4 is 37.0 Å². The third-order valence-electron chi connectivity index (χ3n) is 3.11. The van der Waals surface area contributed by atoms with Gasteiger partial charge in [0.25, 0.3) is 0 Å². The number of alkyl halides is 1. The first-order valence-corrected chi connectivity index (χ1v) is 9.07. The number of rotatable bonds is 4. The third kappa shape index (κ3) is 2.98. The van der Waals surface area contributed by atoms with Crippen molar-refractivity contribution in [3.63, 3.8) is 0 Å². The van der Waals surface area contributed by atoms with Crippen LogP contribution >= 0.6 is 15.9 Å². The zero-order chi connectivity index (χ0) is 15.6. The molecule has 3 rings (SSSR count). The van der Waals surface area contributed by atoms with Crippen molar-refractivity contribution in [3.05, 3.63) is 66.4 Å². The van der Waals surface area contributed by atoms with Crippen molar-refractivity contribution in [2.45, 2.75) is 10.2 Å². The standard InChI is InChI=1S/C16H12BrNO3S/c17-11-13-10-9-12-5-4-8-15(16(12)18-13)21-22(19,20)14-6-2-1-3-7-14/h1-10H,11H2. The van der Waals surface area contributed by atoms with E-state index in [1.54, 1.807) is 30.3 Å².